The largest absolute Gasteiger partial charge is 0.232 e. The number of nitriles is 2. The third kappa shape index (κ3) is 2.37. The van der Waals surface area contributed by atoms with E-state index in [9.17, 15) is 10.5 Å². The fourth-order valence-electron chi connectivity index (χ4n) is 3.82. The van der Waals surface area contributed by atoms with Gasteiger partial charge >= 0.3 is 0 Å². The molecule has 1 aliphatic rings. The number of nitrogens with zero attached hydrogens (tertiary/aromatic N) is 5. The standard InChI is InChI=1S/C23H9N5S2/c24-10-16-17(11-25)27-22-14-8-9-18(12-4-3-5-13(20(12)14)21(22)26-16)29-23-28-15-6-1-2-7-19(15)30-23/h1-9H. The van der Waals surface area contributed by atoms with Crippen molar-refractivity contribution in [3.05, 3.63) is 66.0 Å². The van der Waals surface area contributed by atoms with E-state index in [1.807, 2.05) is 48.5 Å². The van der Waals surface area contributed by atoms with Gasteiger partial charge in [-0.3, -0.25) is 0 Å². The number of hydrogen-bond acceptors (Lipinski definition) is 7. The lowest BCUT2D eigenvalue weighted by Crippen LogP contribution is -1.97. The quantitative estimate of drug-likeness (QED) is 0.353. The smallest absolute Gasteiger partial charge is 0.177 e. The van der Waals surface area contributed by atoms with E-state index in [1.54, 1.807) is 23.1 Å². The van der Waals surface area contributed by atoms with E-state index in [1.165, 1.54) is 4.70 Å². The second-order valence-electron chi connectivity index (χ2n) is 6.73. The SMILES string of the molecule is N#Cc1nc2c(nc1C#N)-c1ccc(Sc3nc4ccccc4s3)c3cccc-2c13. The third-order valence-corrected chi connectivity index (χ3v) is 7.26. The molecule has 0 amide bonds. The van der Waals surface area contributed by atoms with Gasteiger partial charge in [0.2, 0.25) is 0 Å². The van der Waals surface area contributed by atoms with Crippen molar-refractivity contribution in [3.8, 4) is 34.7 Å². The molecule has 7 heteroatoms. The van der Waals surface area contributed by atoms with Crippen LogP contribution in [0.2, 0.25) is 0 Å². The Morgan fingerprint density at radius 3 is 2.23 bits per heavy atom. The molecule has 3 aromatic carbocycles. The van der Waals surface area contributed by atoms with Crippen molar-refractivity contribution >= 4 is 44.1 Å². The fourth-order valence-corrected chi connectivity index (χ4v) is 5.97. The van der Waals surface area contributed by atoms with Crippen LogP contribution in [0.3, 0.4) is 0 Å². The maximum Gasteiger partial charge on any atom is 0.177 e. The lowest BCUT2D eigenvalue weighted by atomic mass is 10.0. The lowest BCUT2D eigenvalue weighted by molar-refractivity contribution is 1.15. The molecule has 1 aliphatic carbocycles. The van der Waals surface area contributed by atoms with Crippen molar-refractivity contribution in [3.63, 3.8) is 0 Å². The van der Waals surface area contributed by atoms with Crippen LogP contribution in [0.25, 0.3) is 43.5 Å². The Labute approximate surface area is 179 Å². The van der Waals surface area contributed by atoms with E-state index in [0.29, 0.717) is 11.4 Å². The molecule has 0 bridgehead atoms. The van der Waals surface area contributed by atoms with Crippen molar-refractivity contribution in [1.29, 1.82) is 10.5 Å². The molecule has 0 atom stereocenters. The van der Waals surface area contributed by atoms with Gasteiger partial charge in [0, 0.05) is 21.4 Å². The minimum atomic E-state index is 0.0603. The molecule has 0 saturated carbocycles. The van der Waals surface area contributed by atoms with Gasteiger partial charge in [0.25, 0.3) is 0 Å². The Morgan fingerprint density at radius 2 is 1.50 bits per heavy atom. The number of aromatic nitrogens is 3. The van der Waals surface area contributed by atoms with E-state index in [0.717, 1.165) is 36.7 Å². The highest BCUT2D eigenvalue weighted by atomic mass is 32.2. The molecule has 0 saturated heterocycles. The summed E-state index contributed by atoms with van der Waals surface area (Å²) in [6.07, 6.45) is 0. The Hall–Kier alpha value is -3.78. The highest BCUT2D eigenvalue weighted by Crippen LogP contribution is 2.48. The van der Waals surface area contributed by atoms with Gasteiger partial charge in [-0.2, -0.15) is 10.5 Å². The van der Waals surface area contributed by atoms with Crippen LogP contribution < -0.4 is 0 Å². The average Bonchev–Trinajstić information content (AvgIpc) is 3.34. The molecule has 0 aliphatic heterocycles. The van der Waals surface area contributed by atoms with Crippen molar-refractivity contribution < 1.29 is 0 Å². The predicted molar refractivity (Wildman–Crippen MR) is 117 cm³/mol. The number of rotatable bonds is 2. The summed E-state index contributed by atoms with van der Waals surface area (Å²) in [5, 5.41) is 20.8. The van der Waals surface area contributed by atoms with Crippen molar-refractivity contribution in [2.45, 2.75) is 9.24 Å². The van der Waals surface area contributed by atoms with Gasteiger partial charge < -0.3 is 0 Å². The molecular formula is C23H9N5S2. The molecule has 0 spiro atoms. The number of benzene rings is 3. The molecule has 30 heavy (non-hydrogen) atoms. The van der Waals surface area contributed by atoms with Gasteiger partial charge in [-0.25, -0.2) is 15.0 Å². The van der Waals surface area contributed by atoms with Crippen LogP contribution in [0.1, 0.15) is 11.4 Å². The monoisotopic (exact) mass is 419 g/mol. The van der Waals surface area contributed by atoms with Crippen molar-refractivity contribution in [2.75, 3.05) is 0 Å². The van der Waals surface area contributed by atoms with Crippen molar-refractivity contribution in [2.24, 2.45) is 0 Å². The average molecular weight is 419 g/mol. The van der Waals surface area contributed by atoms with Crippen molar-refractivity contribution in [1.82, 2.24) is 15.0 Å². The summed E-state index contributed by atoms with van der Waals surface area (Å²) in [6, 6.07) is 22.3. The summed E-state index contributed by atoms with van der Waals surface area (Å²) in [4.78, 5) is 14.8. The summed E-state index contributed by atoms with van der Waals surface area (Å²) in [6.45, 7) is 0. The van der Waals surface area contributed by atoms with Gasteiger partial charge in [0.05, 0.1) is 21.6 Å². The van der Waals surface area contributed by atoms with Crippen LogP contribution in [-0.4, -0.2) is 15.0 Å². The summed E-state index contributed by atoms with van der Waals surface area (Å²) in [7, 11) is 0. The maximum atomic E-state index is 9.35. The normalized spacial score (nSPS) is 11.4. The van der Waals surface area contributed by atoms with Gasteiger partial charge in [0.15, 0.2) is 15.7 Å². The Bertz CT molecular complexity index is 1520. The second-order valence-corrected chi connectivity index (χ2v) is 9.05. The maximum absolute atomic E-state index is 9.35. The molecule has 138 valence electrons. The highest BCUT2D eigenvalue weighted by molar-refractivity contribution is 8.01. The van der Waals surface area contributed by atoms with E-state index in [2.05, 4.69) is 28.2 Å². The number of fused-ring (bicyclic) bond motifs is 4. The molecule has 0 radical (unpaired) electrons. The molecule has 2 heterocycles. The summed E-state index contributed by atoms with van der Waals surface area (Å²) >= 11 is 3.32. The molecule has 5 aromatic rings. The number of para-hydroxylation sites is 1. The first-order valence-electron chi connectivity index (χ1n) is 9.09. The molecule has 2 aromatic heterocycles. The van der Waals surface area contributed by atoms with Crippen LogP contribution in [-0.2, 0) is 0 Å². The summed E-state index contributed by atoms with van der Waals surface area (Å²) < 4.78 is 2.15. The lowest BCUT2D eigenvalue weighted by Gasteiger charge is -2.07. The fraction of sp³-hybridized carbons (Fsp3) is 0. The van der Waals surface area contributed by atoms with Crippen LogP contribution in [0.4, 0.5) is 0 Å². The molecule has 6 rings (SSSR count). The predicted octanol–water partition coefficient (Wildman–Crippen LogP) is 5.78. The first kappa shape index (κ1) is 17.1. The minimum Gasteiger partial charge on any atom is -0.232 e. The number of hydrogen-bond donors (Lipinski definition) is 0. The zero-order chi connectivity index (χ0) is 20.2. The van der Waals surface area contributed by atoms with Crippen LogP contribution in [0, 0.1) is 22.7 Å². The summed E-state index contributed by atoms with van der Waals surface area (Å²) in [5.74, 6) is 0. The topological polar surface area (TPSA) is 86.2 Å². The Kier molecular flexibility index (Phi) is 3.63. The molecular weight excluding hydrogens is 410 g/mol. The summed E-state index contributed by atoms with van der Waals surface area (Å²) in [5.41, 5.74) is 4.33. The van der Waals surface area contributed by atoms with Gasteiger partial charge in [-0.1, -0.05) is 48.2 Å². The molecule has 0 fully saturated rings. The van der Waals surface area contributed by atoms with E-state index in [4.69, 9.17) is 4.98 Å². The molecule has 0 N–H and O–H groups in total. The Morgan fingerprint density at radius 1 is 0.767 bits per heavy atom. The zero-order valence-corrected chi connectivity index (χ0v) is 16.9. The Balaban J connectivity index is 1.54. The minimum absolute atomic E-state index is 0.0603. The number of thiazole rings is 1. The first-order valence-corrected chi connectivity index (χ1v) is 10.7. The van der Waals surface area contributed by atoms with Gasteiger partial charge in [-0.15, -0.1) is 11.3 Å². The van der Waals surface area contributed by atoms with Crippen LogP contribution in [0.5, 0.6) is 0 Å². The van der Waals surface area contributed by atoms with E-state index < -0.39 is 0 Å². The van der Waals surface area contributed by atoms with Gasteiger partial charge in [0.1, 0.15) is 12.1 Å². The second kappa shape index (κ2) is 6.36. The van der Waals surface area contributed by atoms with Crippen LogP contribution >= 0.6 is 23.1 Å². The first-order chi connectivity index (χ1) is 14.8. The third-order valence-electron chi connectivity index (χ3n) is 5.09. The van der Waals surface area contributed by atoms with E-state index in [-0.39, 0.29) is 11.4 Å². The van der Waals surface area contributed by atoms with E-state index >= 15 is 0 Å². The molecule has 0 unspecified atom stereocenters. The molecule has 5 nitrogen and oxygen atoms in total. The van der Waals surface area contributed by atoms with Gasteiger partial charge in [-0.05, 0) is 23.6 Å². The van der Waals surface area contributed by atoms with Crippen LogP contribution in [0.15, 0.2) is 63.8 Å². The highest BCUT2D eigenvalue weighted by Gasteiger charge is 2.27. The zero-order valence-electron chi connectivity index (χ0n) is 15.2.